The number of nitrogens with one attached hydrogen (secondary N) is 1. The van der Waals surface area contributed by atoms with Crippen LogP contribution in [0, 0.1) is 6.92 Å². The van der Waals surface area contributed by atoms with E-state index in [4.69, 9.17) is 0 Å². The molecule has 1 saturated carbocycles. The van der Waals surface area contributed by atoms with E-state index in [1.165, 1.54) is 6.42 Å². The third kappa shape index (κ3) is 3.33. The topological polar surface area (TPSA) is 46.2 Å². The van der Waals surface area contributed by atoms with E-state index in [9.17, 15) is 8.42 Å². The minimum atomic E-state index is -3.40. The van der Waals surface area contributed by atoms with Gasteiger partial charge in [-0.15, -0.1) is 0 Å². The first-order valence-corrected chi connectivity index (χ1v) is 8.55. The quantitative estimate of drug-likeness (QED) is 0.922. The number of sulfonamides is 1. The van der Waals surface area contributed by atoms with Crippen LogP contribution in [-0.2, 0) is 10.0 Å². The summed E-state index contributed by atoms with van der Waals surface area (Å²) in [6, 6.07) is 5.40. The second kappa shape index (κ2) is 5.72. The molecule has 100 valence electrons. The van der Waals surface area contributed by atoms with Crippen LogP contribution < -0.4 is 4.72 Å². The van der Waals surface area contributed by atoms with Gasteiger partial charge in [0.1, 0.15) is 0 Å². The Bertz CT molecular complexity index is 522. The first-order chi connectivity index (χ1) is 8.49. The van der Waals surface area contributed by atoms with Crippen LogP contribution in [0.15, 0.2) is 27.6 Å². The van der Waals surface area contributed by atoms with Crippen molar-refractivity contribution < 1.29 is 8.42 Å². The van der Waals surface area contributed by atoms with Gasteiger partial charge >= 0.3 is 0 Å². The van der Waals surface area contributed by atoms with Gasteiger partial charge in [-0.2, -0.15) is 0 Å². The van der Waals surface area contributed by atoms with Crippen LogP contribution in [0.2, 0.25) is 0 Å². The van der Waals surface area contributed by atoms with Gasteiger partial charge < -0.3 is 0 Å². The molecular weight excluding hydrogens is 314 g/mol. The minimum absolute atomic E-state index is 0.0944. The summed E-state index contributed by atoms with van der Waals surface area (Å²) in [7, 11) is -3.40. The van der Waals surface area contributed by atoms with E-state index in [0.29, 0.717) is 9.37 Å². The van der Waals surface area contributed by atoms with Crippen molar-refractivity contribution in [2.75, 3.05) is 0 Å². The number of rotatable bonds is 3. The molecule has 1 N–H and O–H groups in total. The molecular formula is C13H18BrNO2S. The second-order valence-corrected chi connectivity index (χ2v) is 7.43. The molecule has 0 unspecified atom stereocenters. The van der Waals surface area contributed by atoms with E-state index in [-0.39, 0.29) is 6.04 Å². The van der Waals surface area contributed by atoms with Crippen LogP contribution in [0.1, 0.15) is 37.7 Å². The Labute approximate surface area is 117 Å². The summed E-state index contributed by atoms with van der Waals surface area (Å²) in [6.07, 6.45) is 5.34. The van der Waals surface area contributed by atoms with Gasteiger partial charge in [0, 0.05) is 10.5 Å². The molecule has 0 amide bonds. The Kier molecular flexibility index (Phi) is 4.45. The first-order valence-electron chi connectivity index (χ1n) is 6.27. The molecule has 1 aliphatic rings. The van der Waals surface area contributed by atoms with Crippen molar-refractivity contribution >= 4 is 26.0 Å². The fourth-order valence-corrected chi connectivity index (χ4v) is 4.82. The lowest BCUT2D eigenvalue weighted by molar-refractivity contribution is 0.412. The van der Waals surface area contributed by atoms with Crippen LogP contribution >= 0.6 is 15.9 Å². The van der Waals surface area contributed by atoms with Gasteiger partial charge in [0.15, 0.2) is 0 Å². The average Bonchev–Trinajstić information content (AvgIpc) is 2.29. The predicted octanol–water partition coefficient (Wildman–Crippen LogP) is 3.37. The highest BCUT2D eigenvalue weighted by atomic mass is 79.9. The van der Waals surface area contributed by atoms with Crippen molar-refractivity contribution in [3.8, 4) is 0 Å². The Hall–Kier alpha value is -0.390. The molecule has 18 heavy (non-hydrogen) atoms. The zero-order valence-corrected chi connectivity index (χ0v) is 12.9. The van der Waals surface area contributed by atoms with Gasteiger partial charge in [-0.25, -0.2) is 13.1 Å². The second-order valence-electron chi connectivity index (χ2n) is 4.89. The average molecular weight is 332 g/mol. The molecule has 0 radical (unpaired) electrons. The molecule has 2 rings (SSSR count). The van der Waals surface area contributed by atoms with Crippen molar-refractivity contribution in [3.05, 3.63) is 28.2 Å². The SMILES string of the molecule is Cc1ccc(S(=O)(=O)NC2CCCCC2)c(Br)c1. The zero-order chi connectivity index (χ0) is 13.2. The number of aryl methyl sites for hydroxylation is 1. The Morgan fingerprint density at radius 3 is 2.50 bits per heavy atom. The van der Waals surface area contributed by atoms with Crippen LogP contribution in [0.3, 0.4) is 0 Å². The minimum Gasteiger partial charge on any atom is -0.208 e. The summed E-state index contributed by atoms with van der Waals surface area (Å²) in [6.45, 7) is 1.94. The molecule has 0 spiro atoms. The van der Waals surface area contributed by atoms with Gasteiger partial charge in [-0.3, -0.25) is 0 Å². The van der Waals surface area contributed by atoms with Crippen LogP contribution in [0.25, 0.3) is 0 Å². The fraction of sp³-hybridized carbons (Fsp3) is 0.538. The molecule has 1 fully saturated rings. The highest BCUT2D eigenvalue weighted by Gasteiger charge is 2.23. The monoisotopic (exact) mass is 331 g/mol. The lowest BCUT2D eigenvalue weighted by Crippen LogP contribution is -2.36. The van der Waals surface area contributed by atoms with Crippen molar-refractivity contribution in [1.82, 2.24) is 4.72 Å². The summed E-state index contributed by atoms with van der Waals surface area (Å²) in [5.74, 6) is 0. The van der Waals surface area contributed by atoms with E-state index >= 15 is 0 Å². The molecule has 1 aliphatic carbocycles. The van der Waals surface area contributed by atoms with E-state index in [1.807, 2.05) is 19.1 Å². The van der Waals surface area contributed by atoms with Gasteiger partial charge in [0.05, 0.1) is 4.90 Å². The van der Waals surface area contributed by atoms with Gasteiger partial charge in [-0.1, -0.05) is 25.3 Å². The smallest absolute Gasteiger partial charge is 0.208 e. The van der Waals surface area contributed by atoms with Crippen molar-refractivity contribution in [2.45, 2.75) is 50.0 Å². The number of hydrogen-bond donors (Lipinski definition) is 1. The standard InChI is InChI=1S/C13H18BrNO2S/c1-10-7-8-13(12(14)9-10)18(16,17)15-11-5-3-2-4-6-11/h7-9,11,15H,2-6H2,1H3. The van der Waals surface area contributed by atoms with Crippen molar-refractivity contribution in [1.29, 1.82) is 0 Å². The van der Waals surface area contributed by atoms with E-state index in [1.54, 1.807) is 6.07 Å². The third-order valence-corrected chi connectivity index (χ3v) is 5.80. The van der Waals surface area contributed by atoms with E-state index in [2.05, 4.69) is 20.7 Å². The van der Waals surface area contributed by atoms with Crippen molar-refractivity contribution in [2.24, 2.45) is 0 Å². The van der Waals surface area contributed by atoms with Gasteiger partial charge in [-0.05, 0) is 53.4 Å². The Balaban J connectivity index is 2.19. The molecule has 0 heterocycles. The maximum Gasteiger partial charge on any atom is 0.241 e. The highest BCUT2D eigenvalue weighted by Crippen LogP contribution is 2.25. The number of halogens is 1. The molecule has 1 aromatic rings. The first kappa shape index (κ1) is 14.0. The Morgan fingerprint density at radius 1 is 1.22 bits per heavy atom. The van der Waals surface area contributed by atoms with Crippen LogP contribution in [0.4, 0.5) is 0 Å². The summed E-state index contributed by atoms with van der Waals surface area (Å²) in [4.78, 5) is 0.332. The largest absolute Gasteiger partial charge is 0.241 e. The van der Waals surface area contributed by atoms with Crippen LogP contribution in [0.5, 0.6) is 0 Å². The van der Waals surface area contributed by atoms with Gasteiger partial charge in [0.2, 0.25) is 10.0 Å². The molecule has 0 aliphatic heterocycles. The molecule has 0 aromatic heterocycles. The van der Waals surface area contributed by atoms with E-state index < -0.39 is 10.0 Å². The van der Waals surface area contributed by atoms with Crippen LogP contribution in [-0.4, -0.2) is 14.5 Å². The summed E-state index contributed by atoms with van der Waals surface area (Å²) in [5.41, 5.74) is 1.04. The maximum atomic E-state index is 12.3. The number of hydrogen-bond acceptors (Lipinski definition) is 2. The lowest BCUT2D eigenvalue weighted by Gasteiger charge is -2.22. The summed E-state index contributed by atoms with van der Waals surface area (Å²) >= 11 is 3.33. The molecule has 1 aromatic carbocycles. The van der Waals surface area contributed by atoms with Crippen molar-refractivity contribution in [3.63, 3.8) is 0 Å². The molecule has 5 heteroatoms. The molecule has 3 nitrogen and oxygen atoms in total. The normalized spacial score (nSPS) is 17.9. The van der Waals surface area contributed by atoms with Gasteiger partial charge in [0.25, 0.3) is 0 Å². The summed E-state index contributed by atoms with van der Waals surface area (Å²) in [5, 5.41) is 0. The lowest BCUT2D eigenvalue weighted by atomic mass is 9.96. The fourth-order valence-electron chi connectivity index (χ4n) is 2.33. The molecule has 0 bridgehead atoms. The zero-order valence-electron chi connectivity index (χ0n) is 10.4. The summed E-state index contributed by atoms with van der Waals surface area (Å²) < 4.78 is 28.0. The highest BCUT2D eigenvalue weighted by molar-refractivity contribution is 9.10. The van der Waals surface area contributed by atoms with E-state index in [0.717, 1.165) is 31.2 Å². The third-order valence-electron chi connectivity index (χ3n) is 3.30. The number of benzene rings is 1. The molecule has 0 atom stereocenters. The predicted molar refractivity (Wildman–Crippen MR) is 76.1 cm³/mol. The maximum absolute atomic E-state index is 12.3. The molecule has 0 saturated heterocycles. The Morgan fingerprint density at radius 2 is 1.89 bits per heavy atom.